The van der Waals surface area contributed by atoms with Crippen LogP contribution in [0.25, 0.3) is 11.2 Å². The number of aromatic amines is 1. The number of rotatable bonds is 5. The van der Waals surface area contributed by atoms with Crippen LogP contribution in [-0.4, -0.2) is 63.5 Å². The van der Waals surface area contributed by atoms with Crippen molar-refractivity contribution in [2.24, 2.45) is 5.92 Å². The Kier molecular flexibility index (Phi) is 4.88. The molecule has 1 fully saturated rings. The quantitative estimate of drug-likeness (QED) is 0.769. The second-order valence-electron chi connectivity index (χ2n) is 5.68. The highest BCUT2D eigenvalue weighted by Crippen LogP contribution is 2.19. The Labute approximate surface area is 138 Å². The van der Waals surface area contributed by atoms with Crippen LogP contribution in [0.3, 0.4) is 0 Å². The Balaban J connectivity index is 1.46. The van der Waals surface area contributed by atoms with E-state index in [1.165, 1.54) is 13.4 Å². The number of methoxy groups -OCH3 is 1. The summed E-state index contributed by atoms with van der Waals surface area (Å²) in [5, 5.41) is 3.14. The van der Waals surface area contributed by atoms with Gasteiger partial charge in [-0.2, -0.15) is 0 Å². The SMILES string of the molecule is COC(=O)C1CCN(C(=O)CCNc2ncnc3nc[nH]c23)CC1. The molecule has 0 bridgehead atoms. The molecule has 2 aromatic heterocycles. The Morgan fingerprint density at radius 1 is 1.33 bits per heavy atom. The fourth-order valence-electron chi connectivity index (χ4n) is 2.88. The summed E-state index contributed by atoms with van der Waals surface area (Å²) >= 11 is 0. The van der Waals surface area contributed by atoms with Crippen molar-refractivity contribution in [1.29, 1.82) is 0 Å². The van der Waals surface area contributed by atoms with Gasteiger partial charge in [0.1, 0.15) is 11.8 Å². The van der Waals surface area contributed by atoms with E-state index in [-0.39, 0.29) is 17.8 Å². The largest absolute Gasteiger partial charge is 0.469 e. The van der Waals surface area contributed by atoms with Gasteiger partial charge in [-0.15, -0.1) is 0 Å². The van der Waals surface area contributed by atoms with Gasteiger partial charge in [-0.05, 0) is 12.8 Å². The van der Waals surface area contributed by atoms with E-state index >= 15 is 0 Å². The second kappa shape index (κ2) is 7.24. The summed E-state index contributed by atoms with van der Waals surface area (Å²) in [7, 11) is 1.40. The van der Waals surface area contributed by atoms with Gasteiger partial charge in [-0.25, -0.2) is 15.0 Å². The normalized spacial score (nSPS) is 15.5. The van der Waals surface area contributed by atoms with Crippen LogP contribution < -0.4 is 5.32 Å². The van der Waals surface area contributed by atoms with Gasteiger partial charge in [-0.1, -0.05) is 0 Å². The van der Waals surface area contributed by atoms with Crippen LogP contribution in [0, 0.1) is 5.92 Å². The van der Waals surface area contributed by atoms with Gasteiger partial charge < -0.3 is 19.9 Å². The summed E-state index contributed by atoms with van der Waals surface area (Å²) in [5.74, 6) is 0.429. The Bertz CT molecular complexity index is 723. The number of esters is 1. The zero-order valence-corrected chi connectivity index (χ0v) is 13.5. The second-order valence-corrected chi connectivity index (χ2v) is 5.68. The fourth-order valence-corrected chi connectivity index (χ4v) is 2.88. The number of aromatic nitrogens is 4. The highest BCUT2D eigenvalue weighted by molar-refractivity contribution is 5.82. The molecule has 9 nitrogen and oxygen atoms in total. The molecule has 9 heteroatoms. The number of amides is 1. The summed E-state index contributed by atoms with van der Waals surface area (Å²) in [6.07, 6.45) is 4.67. The van der Waals surface area contributed by atoms with Crippen LogP contribution in [0.1, 0.15) is 19.3 Å². The van der Waals surface area contributed by atoms with Crippen LogP contribution in [0.2, 0.25) is 0 Å². The van der Waals surface area contributed by atoms with Gasteiger partial charge in [0.05, 0.1) is 19.4 Å². The monoisotopic (exact) mass is 332 g/mol. The van der Waals surface area contributed by atoms with Crippen molar-refractivity contribution >= 4 is 28.9 Å². The first-order valence-corrected chi connectivity index (χ1v) is 7.92. The smallest absolute Gasteiger partial charge is 0.308 e. The molecule has 3 rings (SSSR count). The Morgan fingerprint density at radius 2 is 2.12 bits per heavy atom. The molecule has 1 saturated heterocycles. The standard InChI is InChI=1S/C15H20N6O3/c1-24-15(23)10-3-6-21(7-4-10)11(22)2-5-16-13-12-14(18-8-17-12)20-9-19-13/h8-10H,2-7H2,1H3,(H2,16,17,18,19,20). The van der Waals surface area contributed by atoms with Gasteiger partial charge in [0.2, 0.25) is 5.91 Å². The van der Waals surface area contributed by atoms with Gasteiger partial charge in [0.15, 0.2) is 11.5 Å². The number of likely N-dealkylation sites (tertiary alicyclic amines) is 1. The minimum Gasteiger partial charge on any atom is -0.469 e. The summed E-state index contributed by atoms with van der Waals surface area (Å²) in [6, 6.07) is 0. The fraction of sp³-hybridized carbons (Fsp3) is 0.533. The van der Waals surface area contributed by atoms with Crippen molar-refractivity contribution in [3.05, 3.63) is 12.7 Å². The highest BCUT2D eigenvalue weighted by Gasteiger charge is 2.27. The van der Waals surface area contributed by atoms with Crippen LogP contribution >= 0.6 is 0 Å². The zero-order chi connectivity index (χ0) is 16.9. The summed E-state index contributed by atoms with van der Waals surface area (Å²) < 4.78 is 4.76. The van der Waals surface area contributed by atoms with Crippen molar-refractivity contribution in [3.8, 4) is 0 Å². The molecule has 3 heterocycles. The summed E-state index contributed by atoms with van der Waals surface area (Å²) in [4.78, 5) is 40.8. The zero-order valence-electron chi connectivity index (χ0n) is 13.5. The molecule has 0 unspecified atom stereocenters. The minimum absolute atomic E-state index is 0.0701. The molecule has 2 aromatic rings. The number of anilines is 1. The number of hydrogen-bond acceptors (Lipinski definition) is 7. The topological polar surface area (TPSA) is 113 Å². The van der Waals surface area contributed by atoms with Crippen LogP contribution in [0.4, 0.5) is 5.82 Å². The van der Waals surface area contributed by atoms with E-state index in [2.05, 4.69) is 25.3 Å². The lowest BCUT2D eigenvalue weighted by Gasteiger charge is -2.30. The number of hydrogen-bond donors (Lipinski definition) is 2. The van der Waals surface area contributed by atoms with Gasteiger partial charge in [-0.3, -0.25) is 9.59 Å². The molecule has 0 spiro atoms. The summed E-state index contributed by atoms with van der Waals surface area (Å²) in [5.41, 5.74) is 1.31. The van der Waals surface area contributed by atoms with Crippen molar-refractivity contribution in [1.82, 2.24) is 24.8 Å². The van der Waals surface area contributed by atoms with Gasteiger partial charge >= 0.3 is 5.97 Å². The number of imidazole rings is 1. The lowest BCUT2D eigenvalue weighted by Crippen LogP contribution is -2.41. The van der Waals surface area contributed by atoms with E-state index in [0.717, 1.165) is 5.52 Å². The van der Waals surface area contributed by atoms with Crippen LogP contribution in [0.5, 0.6) is 0 Å². The molecule has 1 amide bonds. The van der Waals surface area contributed by atoms with E-state index < -0.39 is 0 Å². The highest BCUT2D eigenvalue weighted by atomic mass is 16.5. The number of piperidine rings is 1. The maximum absolute atomic E-state index is 12.3. The number of nitrogens with one attached hydrogen (secondary N) is 2. The van der Waals surface area contributed by atoms with E-state index in [1.54, 1.807) is 11.2 Å². The number of carbonyl (C=O) groups is 2. The summed E-state index contributed by atoms with van der Waals surface area (Å²) in [6.45, 7) is 1.66. The number of carbonyl (C=O) groups excluding carboxylic acids is 2. The number of ether oxygens (including phenoxy) is 1. The van der Waals surface area contributed by atoms with Crippen molar-refractivity contribution < 1.29 is 14.3 Å². The Hall–Kier alpha value is -2.71. The predicted molar refractivity (Wildman–Crippen MR) is 86.1 cm³/mol. The minimum atomic E-state index is -0.184. The molecule has 128 valence electrons. The number of nitrogens with zero attached hydrogens (tertiary/aromatic N) is 4. The molecule has 0 atom stereocenters. The van der Waals surface area contributed by atoms with E-state index in [9.17, 15) is 9.59 Å². The molecule has 0 saturated carbocycles. The molecular formula is C15H20N6O3. The van der Waals surface area contributed by atoms with Gasteiger partial charge in [0.25, 0.3) is 0 Å². The van der Waals surface area contributed by atoms with Crippen LogP contribution in [0.15, 0.2) is 12.7 Å². The van der Waals surface area contributed by atoms with E-state index in [1.807, 2.05) is 0 Å². The molecule has 0 aromatic carbocycles. The van der Waals surface area contributed by atoms with E-state index in [0.29, 0.717) is 50.4 Å². The first-order chi connectivity index (χ1) is 11.7. The van der Waals surface area contributed by atoms with Crippen molar-refractivity contribution in [2.75, 3.05) is 32.1 Å². The molecular weight excluding hydrogens is 312 g/mol. The lowest BCUT2D eigenvalue weighted by atomic mass is 9.97. The average Bonchev–Trinajstić information content (AvgIpc) is 3.10. The maximum Gasteiger partial charge on any atom is 0.308 e. The first kappa shape index (κ1) is 16.2. The number of fused-ring (bicyclic) bond motifs is 1. The predicted octanol–water partition coefficient (Wildman–Crippen LogP) is 0.566. The third kappa shape index (κ3) is 3.44. The van der Waals surface area contributed by atoms with Crippen molar-refractivity contribution in [3.63, 3.8) is 0 Å². The third-order valence-corrected chi connectivity index (χ3v) is 4.24. The molecule has 1 aliphatic heterocycles. The molecule has 0 radical (unpaired) electrons. The van der Waals surface area contributed by atoms with Crippen LogP contribution in [-0.2, 0) is 14.3 Å². The average molecular weight is 332 g/mol. The maximum atomic E-state index is 12.3. The molecule has 2 N–H and O–H groups in total. The first-order valence-electron chi connectivity index (χ1n) is 7.92. The van der Waals surface area contributed by atoms with E-state index in [4.69, 9.17) is 4.74 Å². The number of H-pyrrole nitrogens is 1. The van der Waals surface area contributed by atoms with Gasteiger partial charge in [0, 0.05) is 26.1 Å². The molecule has 24 heavy (non-hydrogen) atoms. The third-order valence-electron chi connectivity index (χ3n) is 4.24. The molecule has 1 aliphatic rings. The lowest BCUT2D eigenvalue weighted by molar-refractivity contribution is -0.148. The van der Waals surface area contributed by atoms with Crippen molar-refractivity contribution in [2.45, 2.75) is 19.3 Å². The Morgan fingerprint density at radius 3 is 2.88 bits per heavy atom. The molecule has 0 aliphatic carbocycles.